The SMILES string of the molecule is CCOc1cc(C(=O)O)c(F)cc1C. The van der Waals surface area contributed by atoms with Crippen LogP contribution in [0.3, 0.4) is 0 Å². The Hall–Kier alpha value is -1.58. The van der Waals surface area contributed by atoms with E-state index in [1.165, 1.54) is 6.07 Å². The second kappa shape index (κ2) is 4.09. The molecular formula is C10H11FO3. The lowest BCUT2D eigenvalue weighted by molar-refractivity contribution is 0.0691. The highest BCUT2D eigenvalue weighted by atomic mass is 19.1. The van der Waals surface area contributed by atoms with E-state index in [0.717, 1.165) is 6.07 Å². The number of hydrogen-bond donors (Lipinski definition) is 1. The van der Waals surface area contributed by atoms with Gasteiger partial charge in [-0.15, -0.1) is 0 Å². The summed E-state index contributed by atoms with van der Waals surface area (Å²) in [7, 11) is 0. The monoisotopic (exact) mass is 198 g/mol. The largest absolute Gasteiger partial charge is 0.494 e. The van der Waals surface area contributed by atoms with Gasteiger partial charge in [-0.05, 0) is 31.5 Å². The lowest BCUT2D eigenvalue weighted by Gasteiger charge is -2.08. The quantitative estimate of drug-likeness (QED) is 0.810. The second-order valence-electron chi connectivity index (χ2n) is 2.84. The molecule has 0 heterocycles. The Morgan fingerprint density at radius 3 is 2.71 bits per heavy atom. The van der Waals surface area contributed by atoms with Gasteiger partial charge in [0.15, 0.2) is 0 Å². The Balaban J connectivity index is 3.20. The predicted octanol–water partition coefficient (Wildman–Crippen LogP) is 2.23. The number of carboxylic acid groups (broad SMARTS) is 1. The number of carbonyl (C=O) groups is 1. The van der Waals surface area contributed by atoms with Gasteiger partial charge in [0.1, 0.15) is 11.6 Å². The van der Waals surface area contributed by atoms with Gasteiger partial charge in [-0.25, -0.2) is 9.18 Å². The van der Waals surface area contributed by atoms with Gasteiger partial charge in [0.2, 0.25) is 0 Å². The van der Waals surface area contributed by atoms with E-state index in [9.17, 15) is 9.18 Å². The van der Waals surface area contributed by atoms with Crippen LogP contribution in [0.5, 0.6) is 5.75 Å². The molecule has 0 bridgehead atoms. The van der Waals surface area contributed by atoms with Crippen molar-refractivity contribution in [2.24, 2.45) is 0 Å². The van der Waals surface area contributed by atoms with Gasteiger partial charge < -0.3 is 9.84 Å². The van der Waals surface area contributed by atoms with E-state index in [0.29, 0.717) is 17.9 Å². The fourth-order valence-corrected chi connectivity index (χ4v) is 1.13. The molecule has 0 unspecified atom stereocenters. The zero-order valence-electron chi connectivity index (χ0n) is 8.00. The summed E-state index contributed by atoms with van der Waals surface area (Å²) in [5.74, 6) is -1.62. The molecule has 0 saturated carbocycles. The van der Waals surface area contributed by atoms with Gasteiger partial charge in [-0.2, -0.15) is 0 Å². The van der Waals surface area contributed by atoms with Crippen LogP contribution in [0.1, 0.15) is 22.8 Å². The number of benzene rings is 1. The van der Waals surface area contributed by atoms with Crippen LogP contribution in [0.4, 0.5) is 4.39 Å². The average Bonchev–Trinajstić information content (AvgIpc) is 2.09. The molecule has 0 spiro atoms. The topological polar surface area (TPSA) is 46.5 Å². The van der Waals surface area contributed by atoms with Crippen LogP contribution < -0.4 is 4.74 Å². The number of hydrogen-bond acceptors (Lipinski definition) is 2. The standard InChI is InChI=1S/C10H11FO3/c1-3-14-9-5-7(10(12)13)8(11)4-6(9)2/h4-5H,3H2,1-2H3,(H,12,13). The third kappa shape index (κ3) is 2.02. The van der Waals surface area contributed by atoms with Gasteiger partial charge in [0.25, 0.3) is 0 Å². The van der Waals surface area contributed by atoms with Crippen molar-refractivity contribution in [2.75, 3.05) is 6.61 Å². The molecule has 76 valence electrons. The Bertz CT molecular complexity index is 361. The molecule has 0 atom stereocenters. The summed E-state index contributed by atoms with van der Waals surface area (Å²) >= 11 is 0. The number of ether oxygens (including phenoxy) is 1. The fourth-order valence-electron chi connectivity index (χ4n) is 1.13. The maximum Gasteiger partial charge on any atom is 0.338 e. The molecule has 1 aromatic rings. The average molecular weight is 198 g/mol. The lowest BCUT2D eigenvalue weighted by atomic mass is 10.1. The van der Waals surface area contributed by atoms with E-state index in [-0.39, 0.29) is 5.56 Å². The first kappa shape index (κ1) is 10.5. The fraction of sp³-hybridized carbons (Fsp3) is 0.300. The van der Waals surface area contributed by atoms with Gasteiger partial charge in [-0.1, -0.05) is 0 Å². The Morgan fingerprint density at radius 2 is 2.21 bits per heavy atom. The van der Waals surface area contributed by atoms with E-state index in [1.807, 2.05) is 0 Å². The molecule has 3 nitrogen and oxygen atoms in total. The van der Waals surface area contributed by atoms with Crippen molar-refractivity contribution in [1.29, 1.82) is 0 Å². The van der Waals surface area contributed by atoms with Crippen molar-refractivity contribution in [3.05, 3.63) is 29.1 Å². The number of carboxylic acids is 1. The first-order valence-electron chi connectivity index (χ1n) is 4.22. The maximum atomic E-state index is 13.1. The summed E-state index contributed by atoms with van der Waals surface area (Å²) in [5, 5.41) is 8.65. The first-order chi connectivity index (χ1) is 6.56. The predicted molar refractivity (Wildman–Crippen MR) is 49.3 cm³/mol. The molecule has 0 aromatic heterocycles. The summed E-state index contributed by atoms with van der Waals surface area (Å²) in [6.45, 7) is 3.87. The first-order valence-corrected chi connectivity index (χ1v) is 4.22. The second-order valence-corrected chi connectivity index (χ2v) is 2.84. The number of halogens is 1. The molecule has 0 fully saturated rings. The van der Waals surface area contributed by atoms with Crippen LogP contribution >= 0.6 is 0 Å². The van der Waals surface area contributed by atoms with Crippen LogP contribution in [0.25, 0.3) is 0 Å². The molecule has 0 radical (unpaired) electrons. The Morgan fingerprint density at radius 1 is 1.57 bits per heavy atom. The van der Waals surface area contributed by atoms with Crippen molar-refractivity contribution in [1.82, 2.24) is 0 Å². The molecule has 0 saturated heterocycles. The Kier molecular flexibility index (Phi) is 3.06. The molecule has 0 aliphatic carbocycles. The molecule has 1 N–H and O–H groups in total. The van der Waals surface area contributed by atoms with E-state index < -0.39 is 11.8 Å². The zero-order chi connectivity index (χ0) is 10.7. The minimum atomic E-state index is -1.29. The summed E-state index contributed by atoms with van der Waals surface area (Å²) < 4.78 is 18.2. The molecule has 0 amide bonds. The smallest absolute Gasteiger partial charge is 0.338 e. The maximum absolute atomic E-state index is 13.1. The van der Waals surface area contributed by atoms with Crippen molar-refractivity contribution < 1.29 is 19.0 Å². The minimum Gasteiger partial charge on any atom is -0.494 e. The van der Waals surface area contributed by atoms with E-state index in [1.54, 1.807) is 13.8 Å². The normalized spacial score (nSPS) is 9.93. The number of aryl methyl sites for hydroxylation is 1. The molecular weight excluding hydrogens is 187 g/mol. The van der Waals surface area contributed by atoms with Gasteiger partial charge in [-0.3, -0.25) is 0 Å². The molecule has 0 aliphatic rings. The Labute approximate surface area is 81.1 Å². The summed E-state index contributed by atoms with van der Waals surface area (Å²) in [5.41, 5.74) is 0.230. The van der Waals surface area contributed by atoms with Crippen LogP contribution in [-0.2, 0) is 0 Å². The lowest BCUT2D eigenvalue weighted by Crippen LogP contribution is -2.03. The highest BCUT2D eigenvalue weighted by molar-refractivity contribution is 5.88. The summed E-state index contributed by atoms with van der Waals surface area (Å²) in [4.78, 5) is 10.6. The third-order valence-corrected chi connectivity index (χ3v) is 1.79. The minimum absolute atomic E-state index is 0.362. The number of rotatable bonds is 3. The molecule has 1 rings (SSSR count). The highest BCUT2D eigenvalue weighted by Gasteiger charge is 2.13. The van der Waals surface area contributed by atoms with E-state index in [4.69, 9.17) is 9.84 Å². The van der Waals surface area contributed by atoms with E-state index in [2.05, 4.69) is 0 Å². The molecule has 4 heteroatoms. The van der Waals surface area contributed by atoms with Crippen LogP contribution in [-0.4, -0.2) is 17.7 Å². The van der Waals surface area contributed by atoms with Crippen molar-refractivity contribution in [2.45, 2.75) is 13.8 Å². The highest BCUT2D eigenvalue weighted by Crippen LogP contribution is 2.22. The van der Waals surface area contributed by atoms with Gasteiger partial charge in [0.05, 0.1) is 12.2 Å². The number of aromatic carboxylic acids is 1. The van der Waals surface area contributed by atoms with Crippen molar-refractivity contribution in [3.8, 4) is 5.75 Å². The third-order valence-electron chi connectivity index (χ3n) is 1.79. The van der Waals surface area contributed by atoms with E-state index >= 15 is 0 Å². The van der Waals surface area contributed by atoms with Gasteiger partial charge in [0, 0.05) is 0 Å². The summed E-state index contributed by atoms with van der Waals surface area (Å²) in [6, 6.07) is 2.37. The van der Waals surface area contributed by atoms with Crippen molar-refractivity contribution >= 4 is 5.97 Å². The van der Waals surface area contributed by atoms with Crippen LogP contribution in [0, 0.1) is 12.7 Å². The molecule has 0 aliphatic heterocycles. The van der Waals surface area contributed by atoms with Crippen LogP contribution in [0.15, 0.2) is 12.1 Å². The van der Waals surface area contributed by atoms with Gasteiger partial charge >= 0.3 is 5.97 Å². The molecule has 1 aromatic carbocycles. The summed E-state index contributed by atoms with van der Waals surface area (Å²) in [6.07, 6.45) is 0. The van der Waals surface area contributed by atoms with Crippen molar-refractivity contribution in [3.63, 3.8) is 0 Å². The van der Waals surface area contributed by atoms with Crippen LogP contribution in [0.2, 0.25) is 0 Å². The zero-order valence-corrected chi connectivity index (χ0v) is 8.00. The molecule has 14 heavy (non-hydrogen) atoms.